The van der Waals surface area contributed by atoms with Gasteiger partial charge in [-0.05, 0) is 52.5 Å². The summed E-state index contributed by atoms with van der Waals surface area (Å²) in [6, 6.07) is 56.2. The molecule has 51 heavy (non-hydrogen) atoms. The first-order valence-electron chi connectivity index (χ1n) is 17.6. The summed E-state index contributed by atoms with van der Waals surface area (Å²) in [6.45, 7) is 0. The Morgan fingerprint density at radius 3 is 2.02 bits per heavy atom. The van der Waals surface area contributed by atoms with Crippen LogP contribution in [0.15, 0.2) is 174 Å². The fraction of sp³-hybridized carbons (Fsp3) is 0. The highest BCUT2D eigenvalue weighted by molar-refractivity contribution is 6.29. The van der Waals surface area contributed by atoms with Crippen LogP contribution in [0.25, 0.3) is 76.8 Å². The number of benzene rings is 8. The van der Waals surface area contributed by atoms with Gasteiger partial charge in [-0.25, -0.2) is 20.0 Å². The smallest absolute Gasteiger partial charge is 0.251 e. The summed E-state index contributed by atoms with van der Waals surface area (Å²) in [6.07, 6.45) is 0. The summed E-state index contributed by atoms with van der Waals surface area (Å²) in [5.41, 5.74) is 8.77. The Balaban J connectivity index is 1.39. The van der Waals surface area contributed by atoms with Crippen LogP contribution < -0.4 is 10.0 Å². The number of furan rings is 1. The third-order valence-electron chi connectivity index (χ3n) is 10.0. The Labute approximate surface area is 294 Å². The van der Waals surface area contributed by atoms with Crippen molar-refractivity contribution in [2.75, 3.05) is 10.0 Å². The normalized spacial score (nSPS) is 12.9. The van der Waals surface area contributed by atoms with Gasteiger partial charge in [-0.1, -0.05) is 133 Å². The maximum absolute atomic E-state index is 9.94. The van der Waals surface area contributed by atoms with Gasteiger partial charge in [0.05, 0.1) is 35.0 Å². The lowest BCUT2D eigenvalue weighted by Crippen LogP contribution is -2.40. The summed E-state index contributed by atoms with van der Waals surface area (Å²) in [4.78, 5) is 10.8. The number of fused-ring (bicyclic) bond motifs is 12. The van der Waals surface area contributed by atoms with E-state index in [4.69, 9.17) is 14.4 Å². The topological polar surface area (TPSA) is 45.4 Å². The van der Waals surface area contributed by atoms with Crippen LogP contribution in [0.5, 0.6) is 0 Å². The quantitative estimate of drug-likeness (QED) is 0.190. The van der Waals surface area contributed by atoms with E-state index in [1.54, 1.807) is 0 Å². The summed E-state index contributed by atoms with van der Waals surface area (Å²) < 4.78 is 16.7. The number of hydrazine groups is 1. The highest BCUT2D eigenvalue weighted by Gasteiger charge is 2.38. The molecule has 10 aromatic rings. The molecule has 0 fully saturated rings. The van der Waals surface area contributed by atoms with E-state index in [1.165, 1.54) is 0 Å². The molecule has 0 N–H and O–H groups in total. The molecule has 0 spiro atoms. The average Bonchev–Trinajstić information content (AvgIpc) is 3.61. The monoisotopic (exact) mass is 653 g/mol. The van der Waals surface area contributed by atoms with Crippen LogP contribution >= 0.6 is 0 Å². The molecule has 2 aromatic heterocycles. The molecule has 11 rings (SSSR count). The van der Waals surface area contributed by atoms with Gasteiger partial charge in [0.25, 0.3) is 5.95 Å². The Bertz CT molecular complexity index is 3050. The molecule has 8 aromatic carbocycles. The minimum atomic E-state index is 0.429. The van der Waals surface area contributed by atoms with Crippen LogP contribution in [-0.4, -0.2) is 9.97 Å². The Morgan fingerprint density at radius 1 is 0.549 bits per heavy atom. The van der Waals surface area contributed by atoms with Crippen molar-refractivity contribution in [3.8, 4) is 22.4 Å². The Morgan fingerprint density at radius 2 is 1.20 bits per heavy atom. The number of para-hydroxylation sites is 3. The summed E-state index contributed by atoms with van der Waals surface area (Å²) in [7, 11) is 0. The first-order valence-corrected chi connectivity index (χ1v) is 17.1. The van der Waals surface area contributed by atoms with Gasteiger partial charge in [0.2, 0.25) is 0 Å². The van der Waals surface area contributed by atoms with Crippen LogP contribution in [0.2, 0.25) is 0 Å². The van der Waals surface area contributed by atoms with E-state index in [0.29, 0.717) is 12.0 Å². The lowest BCUT2D eigenvalue weighted by molar-refractivity contribution is 0.672. The van der Waals surface area contributed by atoms with Crippen molar-refractivity contribution in [3.63, 3.8) is 0 Å². The number of rotatable bonds is 3. The highest BCUT2D eigenvalue weighted by Crippen LogP contribution is 2.57. The molecule has 0 saturated carbocycles. The molecule has 3 heterocycles. The number of hydrogen-bond donors (Lipinski definition) is 0. The first kappa shape index (κ1) is 26.9. The lowest BCUT2D eigenvalue weighted by atomic mass is 9.88. The zero-order valence-corrected chi connectivity index (χ0v) is 27.3. The fourth-order valence-corrected chi connectivity index (χ4v) is 7.80. The molecule has 0 amide bonds. The van der Waals surface area contributed by atoms with Gasteiger partial charge in [-0.2, -0.15) is 0 Å². The summed E-state index contributed by atoms with van der Waals surface area (Å²) >= 11 is 0. The van der Waals surface area contributed by atoms with Crippen LogP contribution in [0.3, 0.4) is 0 Å². The number of aromatic nitrogens is 2. The van der Waals surface area contributed by atoms with Crippen molar-refractivity contribution in [2.24, 2.45) is 0 Å². The van der Waals surface area contributed by atoms with Crippen molar-refractivity contribution in [1.29, 1.82) is 0 Å². The zero-order chi connectivity index (χ0) is 34.3. The highest BCUT2D eigenvalue weighted by atomic mass is 16.3. The molecule has 0 unspecified atom stereocenters. The summed E-state index contributed by atoms with van der Waals surface area (Å²) in [5.74, 6) is 0.489. The first-order chi connectivity index (χ1) is 25.7. The molecule has 0 radical (unpaired) electrons. The second kappa shape index (κ2) is 10.8. The van der Waals surface area contributed by atoms with E-state index in [-0.39, 0.29) is 0 Å². The lowest BCUT2D eigenvalue weighted by Gasteiger charge is -2.43. The average molecular weight is 654 g/mol. The number of anilines is 4. The van der Waals surface area contributed by atoms with Crippen molar-refractivity contribution >= 4 is 77.4 Å². The molecule has 0 saturated heterocycles. The third-order valence-corrected chi connectivity index (χ3v) is 10.0. The molecular weight excluding hydrogens is 625 g/mol. The number of hydrogen-bond acceptors (Lipinski definition) is 5. The van der Waals surface area contributed by atoms with Gasteiger partial charge in [-0.15, -0.1) is 0 Å². The van der Waals surface area contributed by atoms with Crippen LogP contribution in [-0.2, 0) is 0 Å². The minimum absolute atomic E-state index is 0.429. The van der Waals surface area contributed by atoms with Gasteiger partial charge < -0.3 is 4.42 Å². The predicted molar refractivity (Wildman–Crippen MR) is 210 cm³/mol. The molecule has 1 aliphatic heterocycles. The van der Waals surface area contributed by atoms with E-state index in [0.717, 1.165) is 93.8 Å². The van der Waals surface area contributed by atoms with Gasteiger partial charge in [0, 0.05) is 32.8 Å². The SMILES string of the molecule is [2H]c1c2c(cc3ccccc13)-c1c(c3c4ccccc4oc3c3ccccc13)N(c1nc(-c3ccccc3)c3ccccc3n1)N2c1ccccc1. The van der Waals surface area contributed by atoms with E-state index >= 15 is 0 Å². The molecule has 5 nitrogen and oxygen atoms in total. The minimum Gasteiger partial charge on any atom is -0.455 e. The number of nitrogens with zero attached hydrogens (tertiary/aromatic N) is 4. The van der Waals surface area contributed by atoms with E-state index < -0.39 is 0 Å². The van der Waals surface area contributed by atoms with Crippen LogP contribution in [0, 0.1) is 0 Å². The van der Waals surface area contributed by atoms with Gasteiger partial charge in [0.15, 0.2) is 0 Å². The second-order valence-electron chi connectivity index (χ2n) is 12.9. The van der Waals surface area contributed by atoms with Crippen molar-refractivity contribution in [2.45, 2.75) is 0 Å². The molecule has 0 bridgehead atoms. The predicted octanol–water partition coefficient (Wildman–Crippen LogP) is 12.4. The van der Waals surface area contributed by atoms with Gasteiger partial charge >= 0.3 is 0 Å². The van der Waals surface area contributed by atoms with Gasteiger partial charge in [-0.3, -0.25) is 0 Å². The maximum Gasteiger partial charge on any atom is 0.251 e. The largest absolute Gasteiger partial charge is 0.455 e. The molecule has 1 aliphatic rings. The van der Waals surface area contributed by atoms with E-state index in [1.807, 2.05) is 84.9 Å². The molecule has 0 atom stereocenters. The summed E-state index contributed by atoms with van der Waals surface area (Å²) in [5, 5.41) is 11.1. The fourth-order valence-electron chi connectivity index (χ4n) is 7.80. The van der Waals surface area contributed by atoms with Crippen molar-refractivity contribution in [1.82, 2.24) is 9.97 Å². The standard InChI is InChI=1S/C46H28N4O/c1-3-15-29(16-4-1)43-35-23-11-13-25-38(35)47-46(48-43)50-44-41(33-21-9-10-22-34(33)45-42(44)36-24-12-14-26-40(36)51-45)37-27-30-17-7-8-18-31(30)28-39(37)49(50)32-19-5-2-6-20-32/h1-28H/i28D. The van der Waals surface area contributed by atoms with E-state index in [2.05, 4.69) is 88.9 Å². The van der Waals surface area contributed by atoms with Crippen molar-refractivity contribution < 1.29 is 5.79 Å². The Hall–Kier alpha value is -6.98. The molecular formula is C46H28N4O. The second-order valence-corrected chi connectivity index (χ2v) is 12.9. The third kappa shape index (κ3) is 4.09. The van der Waals surface area contributed by atoms with Gasteiger partial charge in [0.1, 0.15) is 11.2 Å². The van der Waals surface area contributed by atoms with Crippen molar-refractivity contribution in [3.05, 3.63) is 170 Å². The zero-order valence-electron chi connectivity index (χ0n) is 28.3. The maximum atomic E-state index is 9.94. The van der Waals surface area contributed by atoms with Crippen LogP contribution in [0.4, 0.5) is 23.0 Å². The molecule has 238 valence electrons. The molecule has 5 heteroatoms. The molecule has 0 aliphatic carbocycles. The van der Waals surface area contributed by atoms with E-state index in [9.17, 15) is 1.37 Å². The Kier molecular flexibility index (Phi) is 5.68. The van der Waals surface area contributed by atoms with Crippen LogP contribution in [0.1, 0.15) is 1.37 Å².